The van der Waals surface area contributed by atoms with Crippen molar-refractivity contribution in [1.82, 2.24) is 9.97 Å². The van der Waals surface area contributed by atoms with E-state index in [1.165, 1.54) is 6.20 Å². The lowest BCUT2D eigenvalue weighted by molar-refractivity contribution is 0.0695. The molecule has 0 saturated carbocycles. The Kier molecular flexibility index (Phi) is 3.75. The van der Waals surface area contributed by atoms with Gasteiger partial charge >= 0.3 is 5.97 Å². The molecule has 2 N–H and O–H groups in total. The van der Waals surface area contributed by atoms with Gasteiger partial charge in [0, 0.05) is 6.20 Å². The summed E-state index contributed by atoms with van der Waals surface area (Å²) < 4.78 is 0. The molecule has 0 fully saturated rings. The summed E-state index contributed by atoms with van der Waals surface area (Å²) in [4.78, 5) is 19.1. The molecule has 1 atom stereocenters. The van der Waals surface area contributed by atoms with E-state index in [1.54, 1.807) is 6.92 Å². The van der Waals surface area contributed by atoms with Gasteiger partial charge < -0.3 is 10.4 Å². The van der Waals surface area contributed by atoms with Gasteiger partial charge in [0.05, 0.1) is 17.3 Å². The number of aryl methyl sites for hydroxylation is 1. The predicted octanol–water partition coefficient (Wildman–Crippen LogP) is 2.66. The molecule has 98 valence electrons. The number of aromatic nitrogens is 2. The first-order chi connectivity index (χ1) is 9.08. The van der Waals surface area contributed by atoms with Crippen LogP contribution >= 0.6 is 0 Å². The molecule has 1 aromatic heterocycles. The van der Waals surface area contributed by atoms with Crippen LogP contribution < -0.4 is 5.32 Å². The lowest BCUT2D eigenvalue weighted by Gasteiger charge is -2.14. The number of hydrogen-bond acceptors (Lipinski definition) is 4. The maximum Gasteiger partial charge on any atom is 0.339 e. The summed E-state index contributed by atoms with van der Waals surface area (Å²) in [6.07, 6.45) is 1.32. The Labute approximate surface area is 111 Å². The molecule has 0 aliphatic rings. The maximum absolute atomic E-state index is 10.9. The smallest absolute Gasteiger partial charge is 0.339 e. The average Bonchev–Trinajstić information content (AvgIpc) is 2.39. The van der Waals surface area contributed by atoms with Crippen LogP contribution in [0.2, 0.25) is 0 Å². The molecule has 1 heterocycles. The number of benzene rings is 1. The zero-order valence-corrected chi connectivity index (χ0v) is 10.8. The number of carboxylic acids is 1. The largest absolute Gasteiger partial charge is 0.478 e. The van der Waals surface area contributed by atoms with Gasteiger partial charge in [-0.15, -0.1) is 0 Å². The zero-order valence-electron chi connectivity index (χ0n) is 10.8. The molecule has 0 bridgehead atoms. The van der Waals surface area contributed by atoms with Crippen molar-refractivity contribution in [3.8, 4) is 0 Å². The highest BCUT2D eigenvalue weighted by Crippen LogP contribution is 2.16. The topological polar surface area (TPSA) is 75.1 Å². The number of rotatable bonds is 4. The van der Waals surface area contributed by atoms with Crippen molar-refractivity contribution in [2.45, 2.75) is 19.9 Å². The minimum Gasteiger partial charge on any atom is -0.478 e. The van der Waals surface area contributed by atoms with Crippen molar-refractivity contribution in [3.05, 3.63) is 53.3 Å². The van der Waals surface area contributed by atoms with E-state index in [1.807, 2.05) is 37.3 Å². The second kappa shape index (κ2) is 5.48. The van der Waals surface area contributed by atoms with Gasteiger partial charge in [0.2, 0.25) is 5.95 Å². The molecule has 1 unspecified atom stereocenters. The summed E-state index contributed by atoms with van der Waals surface area (Å²) in [6, 6.07) is 9.96. The Morgan fingerprint density at radius 2 is 2.00 bits per heavy atom. The van der Waals surface area contributed by atoms with Crippen molar-refractivity contribution in [2.24, 2.45) is 0 Å². The third-order valence-corrected chi connectivity index (χ3v) is 2.85. The van der Waals surface area contributed by atoms with Crippen molar-refractivity contribution < 1.29 is 9.90 Å². The van der Waals surface area contributed by atoms with Gasteiger partial charge in [-0.1, -0.05) is 30.3 Å². The van der Waals surface area contributed by atoms with E-state index in [4.69, 9.17) is 5.11 Å². The number of hydrogen-bond donors (Lipinski definition) is 2. The SMILES string of the molecule is Cc1nc(NC(C)c2ccccc2)ncc1C(=O)O. The predicted molar refractivity (Wildman–Crippen MR) is 72.2 cm³/mol. The summed E-state index contributed by atoms with van der Waals surface area (Å²) >= 11 is 0. The van der Waals surface area contributed by atoms with Crippen molar-refractivity contribution in [2.75, 3.05) is 5.32 Å². The number of nitrogens with one attached hydrogen (secondary N) is 1. The number of carbonyl (C=O) groups is 1. The van der Waals surface area contributed by atoms with Crippen LogP contribution in [0.1, 0.15) is 34.6 Å². The van der Waals surface area contributed by atoms with E-state index in [0.29, 0.717) is 11.6 Å². The van der Waals surface area contributed by atoms with E-state index in [0.717, 1.165) is 5.56 Å². The summed E-state index contributed by atoms with van der Waals surface area (Å²) in [7, 11) is 0. The number of carboxylic acid groups (broad SMARTS) is 1. The Morgan fingerprint density at radius 1 is 1.32 bits per heavy atom. The monoisotopic (exact) mass is 257 g/mol. The molecular weight excluding hydrogens is 242 g/mol. The molecule has 0 aliphatic carbocycles. The molecule has 0 saturated heterocycles. The fourth-order valence-electron chi connectivity index (χ4n) is 1.77. The molecule has 2 rings (SSSR count). The normalized spacial score (nSPS) is 11.9. The molecular formula is C14H15N3O2. The van der Waals surface area contributed by atoms with Crippen LogP contribution in [-0.2, 0) is 0 Å². The summed E-state index contributed by atoms with van der Waals surface area (Å²) in [5.41, 5.74) is 1.69. The molecule has 5 nitrogen and oxygen atoms in total. The van der Waals surface area contributed by atoms with Gasteiger partial charge in [0.25, 0.3) is 0 Å². The molecule has 0 radical (unpaired) electrons. The van der Waals surface area contributed by atoms with Gasteiger partial charge in [-0.2, -0.15) is 0 Å². The van der Waals surface area contributed by atoms with E-state index in [-0.39, 0.29) is 11.6 Å². The maximum atomic E-state index is 10.9. The minimum atomic E-state index is -1.01. The standard InChI is InChI=1S/C14H15N3O2/c1-9(11-6-4-3-5-7-11)16-14-15-8-12(13(18)19)10(2)17-14/h3-9H,1-2H3,(H,18,19)(H,15,16,17). The van der Waals surface area contributed by atoms with Crippen molar-refractivity contribution in [1.29, 1.82) is 0 Å². The molecule has 0 aliphatic heterocycles. The van der Waals surface area contributed by atoms with E-state index in [2.05, 4.69) is 15.3 Å². The van der Waals surface area contributed by atoms with Crippen LogP contribution in [0, 0.1) is 6.92 Å². The van der Waals surface area contributed by atoms with E-state index < -0.39 is 5.97 Å². The quantitative estimate of drug-likeness (QED) is 0.880. The highest BCUT2D eigenvalue weighted by atomic mass is 16.4. The van der Waals surface area contributed by atoms with Crippen LogP contribution in [0.15, 0.2) is 36.5 Å². The molecule has 5 heteroatoms. The fraction of sp³-hybridized carbons (Fsp3) is 0.214. The Balaban J connectivity index is 2.16. The van der Waals surface area contributed by atoms with Crippen LogP contribution in [0.5, 0.6) is 0 Å². The Bertz CT molecular complexity index is 584. The molecule has 1 aromatic carbocycles. The van der Waals surface area contributed by atoms with Crippen LogP contribution in [-0.4, -0.2) is 21.0 Å². The van der Waals surface area contributed by atoms with Crippen molar-refractivity contribution in [3.63, 3.8) is 0 Å². The lowest BCUT2D eigenvalue weighted by Crippen LogP contribution is -2.11. The van der Waals surface area contributed by atoms with Gasteiger partial charge in [0.1, 0.15) is 0 Å². The fourth-order valence-corrected chi connectivity index (χ4v) is 1.77. The highest BCUT2D eigenvalue weighted by molar-refractivity contribution is 5.88. The van der Waals surface area contributed by atoms with Gasteiger partial charge in [-0.25, -0.2) is 14.8 Å². The minimum absolute atomic E-state index is 0.0521. The van der Waals surface area contributed by atoms with E-state index >= 15 is 0 Å². The van der Waals surface area contributed by atoms with Gasteiger partial charge in [-0.05, 0) is 19.4 Å². The number of nitrogens with zero attached hydrogens (tertiary/aromatic N) is 2. The third-order valence-electron chi connectivity index (χ3n) is 2.85. The second-order valence-corrected chi connectivity index (χ2v) is 4.27. The van der Waals surface area contributed by atoms with Gasteiger partial charge in [-0.3, -0.25) is 0 Å². The number of anilines is 1. The lowest BCUT2D eigenvalue weighted by atomic mass is 10.1. The summed E-state index contributed by atoms with van der Waals surface area (Å²) in [5.74, 6) is -0.584. The third kappa shape index (κ3) is 3.07. The second-order valence-electron chi connectivity index (χ2n) is 4.27. The molecule has 0 amide bonds. The van der Waals surface area contributed by atoms with Crippen LogP contribution in [0.4, 0.5) is 5.95 Å². The Hall–Kier alpha value is -2.43. The first kappa shape index (κ1) is 13.0. The summed E-state index contributed by atoms with van der Waals surface area (Å²) in [6.45, 7) is 3.66. The highest BCUT2D eigenvalue weighted by Gasteiger charge is 2.11. The average molecular weight is 257 g/mol. The number of aromatic carboxylic acids is 1. The molecule has 19 heavy (non-hydrogen) atoms. The first-order valence-electron chi connectivity index (χ1n) is 5.96. The van der Waals surface area contributed by atoms with Crippen LogP contribution in [0.3, 0.4) is 0 Å². The first-order valence-corrected chi connectivity index (χ1v) is 5.96. The molecule has 0 spiro atoms. The zero-order chi connectivity index (χ0) is 13.8. The van der Waals surface area contributed by atoms with Crippen LogP contribution in [0.25, 0.3) is 0 Å². The summed E-state index contributed by atoms with van der Waals surface area (Å²) in [5, 5.41) is 12.1. The Morgan fingerprint density at radius 3 is 2.58 bits per heavy atom. The van der Waals surface area contributed by atoms with Crippen molar-refractivity contribution >= 4 is 11.9 Å². The van der Waals surface area contributed by atoms with Gasteiger partial charge in [0.15, 0.2) is 0 Å². The van der Waals surface area contributed by atoms with E-state index in [9.17, 15) is 4.79 Å². The molecule has 2 aromatic rings.